The van der Waals surface area contributed by atoms with Crippen LogP contribution in [0.2, 0.25) is 0 Å². The normalized spacial score (nSPS) is 37.3. The molecule has 3 fully saturated rings. The number of rotatable bonds is 8. The molecular weight excluding hydrogens is 508 g/mol. The number of ketones is 1. The topological polar surface area (TPSA) is 135 Å². The highest BCUT2D eigenvalue weighted by atomic mass is 16.6. The first kappa shape index (κ1) is 29.0. The summed E-state index contributed by atoms with van der Waals surface area (Å²) in [6, 6.07) is 0. The number of Topliss-reactive ketones (excluding diaryl/α,β-unsaturated/α-hetero) is 1. The van der Waals surface area contributed by atoms with Crippen molar-refractivity contribution < 1.29 is 47.7 Å². The quantitative estimate of drug-likeness (QED) is 0.193. The fraction of sp³-hybridized carbons (Fsp3) is 0.690. The van der Waals surface area contributed by atoms with Gasteiger partial charge in [0.15, 0.2) is 5.78 Å². The van der Waals surface area contributed by atoms with Gasteiger partial charge in [-0.25, -0.2) is 9.59 Å². The lowest BCUT2D eigenvalue weighted by molar-refractivity contribution is -0.255. The summed E-state index contributed by atoms with van der Waals surface area (Å²) in [6.45, 7) is 10.1. The van der Waals surface area contributed by atoms with Gasteiger partial charge >= 0.3 is 23.9 Å². The van der Waals surface area contributed by atoms with Crippen LogP contribution in [0.1, 0.15) is 67.2 Å². The van der Waals surface area contributed by atoms with E-state index in [1.807, 2.05) is 13.8 Å². The van der Waals surface area contributed by atoms with E-state index >= 15 is 0 Å². The van der Waals surface area contributed by atoms with Crippen LogP contribution in [0.3, 0.4) is 0 Å². The van der Waals surface area contributed by atoms with Crippen molar-refractivity contribution >= 4 is 29.7 Å². The molecule has 4 aliphatic rings. The zero-order valence-electron chi connectivity index (χ0n) is 23.5. The number of hydrogen-bond donors (Lipinski definition) is 0. The minimum atomic E-state index is -1.07. The van der Waals surface area contributed by atoms with E-state index in [1.165, 1.54) is 19.9 Å². The van der Waals surface area contributed by atoms with Crippen LogP contribution in [-0.2, 0) is 47.7 Å². The van der Waals surface area contributed by atoms with Gasteiger partial charge in [0, 0.05) is 43.4 Å². The summed E-state index contributed by atoms with van der Waals surface area (Å²) >= 11 is 0. The fourth-order valence-electron chi connectivity index (χ4n) is 7.15. The van der Waals surface area contributed by atoms with E-state index in [-0.39, 0.29) is 36.9 Å². The van der Waals surface area contributed by atoms with Crippen molar-refractivity contribution in [1.82, 2.24) is 0 Å². The average molecular weight is 547 g/mol. The number of carbonyl (C=O) groups is 5. The molecule has 0 aromatic heterocycles. The van der Waals surface area contributed by atoms with Crippen molar-refractivity contribution in [2.75, 3.05) is 19.8 Å². The Hall–Kier alpha value is -3.01. The van der Waals surface area contributed by atoms with Crippen LogP contribution in [-0.4, -0.2) is 67.3 Å². The molecule has 2 aliphatic heterocycles. The Kier molecular flexibility index (Phi) is 7.82. The summed E-state index contributed by atoms with van der Waals surface area (Å²) in [6.07, 6.45) is 2.88. The summed E-state index contributed by atoms with van der Waals surface area (Å²) in [5.41, 5.74) is -1.94. The van der Waals surface area contributed by atoms with Crippen LogP contribution >= 0.6 is 0 Å². The Balaban J connectivity index is 1.87. The zero-order chi connectivity index (χ0) is 28.8. The fourth-order valence-corrected chi connectivity index (χ4v) is 7.15. The molecule has 0 bridgehead atoms. The monoisotopic (exact) mass is 546 g/mol. The Morgan fingerprint density at radius 1 is 1.13 bits per heavy atom. The van der Waals surface area contributed by atoms with E-state index in [9.17, 15) is 24.0 Å². The van der Waals surface area contributed by atoms with E-state index in [1.54, 1.807) is 19.9 Å². The second kappa shape index (κ2) is 10.5. The standard InChI is InChI=1S/C29H38O10/c1-7-16(2)26(34)39-22-8-9-28(14-37-28)29(15-36-18(4)30)23(38-19(5)31)10-17(3)27(6,25(22)29)12-21(32)20-11-24(33)35-13-20/h7,11,17,22-23,25H,8-10,12-15H2,1-6H3/b16-7+/t17-,22-,23+,25-,27+,28+,29-/m1/s1. The molecule has 214 valence electrons. The van der Waals surface area contributed by atoms with Crippen LogP contribution in [0.5, 0.6) is 0 Å². The van der Waals surface area contributed by atoms with Gasteiger partial charge in [-0.15, -0.1) is 0 Å². The second-order valence-corrected chi connectivity index (χ2v) is 11.7. The van der Waals surface area contributed by atoms with Crippen molar-refractivity contribution in [3.63, 3.8) is 0 Å². The summed E-state index contributed by atoms with van der Waals surface area (Å²) < 4.78 is 28.9. The number of epoxide rings is 1. The van der Waals surface area contributed by atoms with Gasteiger partial charge in [-0.3, -0.25) is 14.4 Å². The summed E-state index contributed by atoms with van der Waals surface area (Å²) in [4.78, 5) is 62.8. The number of ether oxygens (including phenoxy) is 5. The first-order valence-corrected chi connectivity index (χ1v) is 13.5. The van der Waals surface area contributed by atoms with Gasteiger partial charge in [-0.1, -0.05) is 19.9 Å². The van der Waals surface area contributed by atoms with Crippen molar-refractivity contribution in [3.8, 4) is 0 Å². The maximum atomic E-state index is 13.6. The minimum absolute atomic E-state index is 0.0304. The number of cyclic esters (lactones) is 1. The Morgan fingerprint density at radius 2 is 1.82 bits per heavy atom. The number of allylic oxidation sites excluding steroid dienone is 1. The molecule has 2 heterocycles. The molecule has 4 rings (SSSR count). The van der Waals surface area contributed by atoms with Crippen LogP contribution < -0.4 is 0 Å². The van der Waals surface area contributed by atoms with Crippen LogP contribution in [0.25, 0.3) is 0 Å². The molecule has 0 N–H and O–H groups in total. The van der Waals surface area contributed by atoms with E-state index < -0.39 is 58.4 Å². The molecule has 2 saturated carbocycles. The van der Waals surface area contributed by atoms with Crippen molar-refractivity contribution in [1.29, 1.82) is 0 Å². The van der Waals surface area contributed by atoms with Crippen LogP contribution in [0, 0.1) is 22.7 Å². The van der Waals surface area contributed by atoms with Crippen LogP contribution in [0.4, 0.5) is 0 Å². The second-order valence-electron chi connectivity index (χ2n) is 11.7. The van der Waals surface area contributed by atoms with Gasteiger partial charge in [-0.05, 0) is 44.4 Å². The van der Waals surface area contributed by atoms with E-state index in [4.69, 9.17) is 23.7 Å². The molecule has 2 aliphatic carbocycles. The van der Waals surface area contributed by atoms with Gasteiger partial charge in [0.05, 0.1) is 12.0 Å². The Bertz CT molecular complexity index is 1130. The maximum Gasteiger partial charge on any atom is 0.333 e. The van der Waals surface area contributed by atoms with Crippen molar-refractivity contribution in [3.05, 3.63) is 23.3 Å². The van der Waals surface area contributed by atoms with E-state index in [0.29, 0.717) is 31.4 Å². The van der Waals surface area contributed by atoms with Gasteiger partial charge < -0.3 is 23.7 Å². The predicted octanol–water partition coefficient (Wildman–Crippen LogP) is 3.01. The molecule has 10 heteroatoms. The van der Waals surface area contributed by atoms with E-state index in [2.05, 4.69) is 0 Å². The smallest absolute Gasteiger partial charge is 0.333 e. The highest BCUT2D eigenvalue weighted by Gasteiger charge is 2.77. The third-order valence-corrected chi connectivity index (χ3v) is 9.48. The summed E-state index contributed by atoms with van der Waals surface area (Å²) in [5, 5.41) is 0. The van der Waals surface area contributed by atoms with Gasteiger partial charge in [0.25, 0.3) is 0 Å². The molecule has 0 radical (unpaired) electrons. The first-order valence-electron chi connectivity index (χ1n) is 13.5. The Morgan fingerprint density at radius 3 is 2.36 bits per heavy atom. The van der Waals surface area contributed by atoms with Gasteiger partial charge in [0.1, 0.15) is 31.0 Å². The van der Waals surface area contributed by atoms with Crippen molar-refractivity contribution in [2.45, 2.75) is 85.0 Å². The SMILES string of the molecule is C/C=C(\C)C(=O)O[C@@H]1CC[C@]2(CO2)[C@]2(COC(C)=O)[C@@H](OC(C)=O)C[C@@H](C)[C@](C)(CC(=O)C3=CC(=O)OC3)[C@@H]12. The van der Waals surface area contributed by atoms with Crippen molar-refractivity contribution in [2.24, 2.45) is 22.7 Å². The Labute approximate surface area is 228 Å². The lowest BCUT2D eigenvalue weighted by Gasteiger charge is -2.64. The van der Waals surface area contributed by atoms with E-state index in [0.717, 1.165) is 0 Å². The summed E-state index contributed by atoms with van der Waals surface area (Å²) in [5.74, 6) is -3.04. The third kappa shape index (κ3) is 5.03. The average Bonchev–Trinajstić information content (AvgIpc) is 3.52. The molecular formula is C29H38O10. The molecule has 0 aromatic rings. The molecule has 0 aromatic carbocycles. The highest BCUT2D eigenvalue weighted by Crippen LogP contribution is 2.69. The number of carbonyl (C=O) groups excluding carboxylic acids is 5. The highest BCUT2D eigenvalue weighted by molar-refractivity contribution is 6.03. The molecule has 10 nitrogen and oxygen atoms in total. The lowest BCUT2D eigenvalue weighted by atomic mass is 9.42. The first-order chi connectivity index (χ1) is 18.3. The molecule has 39 heavy (non-hydrogen) atoms. The van der Waals surface area contributed by atoms with Gasteiger partial charge in [0.2, 0.25) is 0 Å². The molecule has 1 saturated heterocycles. The zero-order valence-corrected chi connectivity index (χ0v) is 23.5. The number of esters is 4. The third-order valence-electron chi connectivity index (χ3n) is 9.48. The largest absolute Gasteiger partial charge is 0.465 e. The maximum absolute atomic E-state index is 13.6. The predicted molar refractivity (Wildman–Crippen MR) is 136 cm³/mol. The lowest BCUT2D eigenvalue weighted by Crippen LogP contribution is -2.71. The number of fused-ring (bicyclic) bond motifs is 2. The minimum Gasteiger partial charge on any atom is -0.465 e. The molecule has 0 unspecified atom stereocenters. The summed E-state index contributed by atoms with van der Waals surface area (Å²) in [7, 11) is 0. The molecule has 7 atom stereocenters. The van der Waals surface area contributed by atoms with Crippen LogP contribution in [0.15, 0.2) is 23.3 Å². The molecule has 0 amide bonds. The van der Waals surface area contributed by atoms with Gasteiger partial charge in [-0.2, -0.15) is 0 Å². The molecule has 1 spiro atoms. The number of hydrogen-bond acceptors (Lipinski definition) is 10.